The van der Waals surface area contributed by atoms with E-state index in [1.807, 2.05) is 90.9 Å². The topological polar surface area (TPSA) is 159 Å². The van der Waals surface area contributed by atoms with Gasteiger partial charge in [-0.15, -0.1) is 0 Å². The van der Waals surface area contributed by atoms with Crippen molar-refractivity contribution in [2.45, 2.75) is 130 Å². The van der Waals surface area contributed by atoms with Gasteiger partial charge in [-0.1, -0.05) is 92.1 Å². The number of rotatable bonds is 28. The van der Waals surface area contributed by atoms with Crippen molar-refractivity contribution in [1.29, 1.82) is 0 Å². The number of benzene rings is 1. The minimum atomic E-state index is -0.898. The van der Waals surface area contributed by atoms with E-state index in [0.29, 0.717) is 39.1 Å². The molecule has 1 saturated heterocycles. The molecular weight excluding hydrogens is 793 g/mol. The van der Waals surface area contributed by atoms with Crippen molar-refractivity contribution in [2.24, 2.45) is 23.7 Å². The predicted molar refractivity (Wildman–Crippen MR) is 242 cm³/mol. The van der Waals surface area contributed by atoms with E-state index in [2.05, 4.69) is 22.5 Å². The molecule has 62 heavy (non-hydrogen) atoms. The SMILES string of the molecule is CC[C@H](C)[C@@H]([C@@H](CC(=O)N1CCC[C@H]1[C@H](OC)[C@@H](C)C(=O)N[C@@H](Cc1ccccc1)C(=O)OC)OC)N(C)C(=O)[C@@H](NC(=O)[C@H](C(C)C)N(C)CCOCCN(C)CC)C(C)C. The first-order chi connectivity index (χ1) is 29.4. The number of esters is 1. The van der Waals surface area contributed by atoms with E-state index in [1.165, 1.54) is 14.2 Å². The van der Waals surface area contributed by atoms with Gasteiger partial charge in [0.1, 0.15) is 12.1 Å². The van der Waals surface area contributed by atoms with Gasteiger partial charge in [0.05, 0.1) is 63.0 Å². The lowest BCUT2D eigenvalue weighted by molar-refractivity contribution is -0.149. The second-order valence-electron chi connectivity index (χ2n) is 17.8. The average Bonchev–Trinajstić information content (AvgIpc) is 3.74. The Bertz CT molecular complexity index is 1520. The number of nitrogens with one attached hydrogen (secondary N) is 2. The third-order valence-electron chi connectivity index (χ3n) is 12.7. The number of amides is 4. The van der Waals surface area contributed by atoms with Crippen LogP contribution in [-0.2, 0) is 49.3 Å². The molecule has 0 unspecified atom stereocenters. The summed E-state index contributed by atoms with van der Waals surface area (Å²) in [6.45, 7) is 19.7. The van der Waals surface area contributed by atoms with Crippen LogP contribution in [0.2, 0.25) is 0 Å². The number of carbonyl (C=O) groups excluding carboxylic acids is 5. The normalized spacial score (nSPS) is 18.2. The van der Waals surface area contributed by atoms with E-state index < -0.39 is 54.3 Å². The minimum absolute atomic E-state index is 0.00610. The highest BCUT2D eigenvalue weighted by Gasteiger charge is 2.43. The standard InChI is InChI=1S/C47H82N6O9/c1-15-33(7)42(52(11)46(57)40(31(3)4)49-45(56)41(32(5)6)51(10)26-28-62-27-25-50(9)16-2)38(59-12)30-39(54)53-24-20-23-37(53)43(60-13)34(8)44(55)48-36(47(58)61-14)29-35-21-18-17-19-22-35/h17-19,21-22,31-34,36-38,40-43H,15-16,20,23-30H2,1-14H3,(H,48,55)(H,49,56)/t33-,34+,36-,37-,38+,40-,41-,42-,43+/m0/s1. The van der Waals surface area contributed by atoms with Crippen LogP contribution in [0.1, 0.15) is 86.6 Å². The monoisotopic (exact) mass is 875 g/mol. The van der Waals surface area contributed by atoms with Crippen LogP contribution < -0.4 is 10.6 Å². The Morgan fingerprint density at radius 3 is 2.03 bits per heavy atom. The number of hydrogen-bond acceptors (Lipinski definition) is 11. The van der Waals surface area contributed by atoms with Gasteiger partial charge in [-0.05, 0) is 56.8 Å². The first kappa shape index (κ1) is 54.5. The molecule has 354 valence electrons. The molecule has 1 heterocycles. The fourth-order valence-electron chi connectivity index (χ4n) is 8.61. The average molecular weight is 875 g/mol. The molecule has 0 aliphatic carbocycles. The van der Waals surface area contributed by atoms with Gasteiger partial charge >= 0.3 is 5.97 Å². The van der Waals surface area contributed by atoms with Gasteiger partial charge in [-0.25, -0.2) is 4.79 Å². The van der Waals surface area contributed by atoms with Gasteiger partial charge in [0.15, 0.2) is 0 Å². The molecule has 1 aromatic carbocycles. The van der Waals surface area contributed by atoms with Crippen molar-refractivity contribution in [1.82, 2.24) is 30.2 Å². The lowest BCUT2D eigenvalue weighted by Crippen LogP contribution is -2.60. The molecule has 1 fully saturated rings. The molecular formula is C47H82N6O9. The number of likely N-dealkylation sites (tertiary alicyclic amines) is 1. The molecule has 2 N–H and O–H groups in total. The highest BCUT2D eigenvalue weighted by molar-refractivity contribution is 5.90. The van der Waals surface area contributed by atoms with Gasteiger partial charge < -0.3 is 44.3 Å². The Morgan fingerprint density at radius 2 is 1.48 bits per heavy atom. The second kappa shape index (κ2) is 27.5. The summed E-state index contributed by atoms with van der Waals surface area (Å²) in [5.74, 6) is -2.58. The van der Waals surface area contributed by atoms with Gasteiger partial charge in [-0.3, -0.25) is 24.1 Å². The van der Waals surface area contributed by atoms with Crippen LogP contribution in [-0.4, -0.2) is 173 Å². The van der Waals surface area contributed by atoms with Crippen molar-refractivity contribution in [3.05, 3.63) is 35.9 Å². The molecule has 15 heteroatoms. The third-order valence-corrected chi connectivity index (χ3v) is 12.7. The fourth-order valence-corrected chi connectivity index (χ4v) is 8.61. The first-order valence-electron chi connectivity index (χ1n) is 22.7. The molecule has 1 aromatic rings. The van der Waals surface area contributed by atoms with Gasteiger partial charge in [0.2, 0.25) is 23.6 Å². The van der Waals surface area contributed by atoms with E-state index in [-0.39, 0.29) is 54.2 Å². The zero-order valence-electron chi connectivity index (χ0n) is 40.5. The molecule has 1 aliphatic heterocycles. The van der Waals surface area contributed by atoms with E-state index in [1.54, 1.807) is 30.9 Å². The Balaban J connectivity index is 2.24. The number of methoxy groups -OCH3 is 3. The van der Waals surface area contributed by atoms with E-state index in [0.717, 1.165) is 25.1 Å². The summed E-state index contributed by atoms with van der Waals surface area (Å²) in [5, 5.41) is 5.98. The molecule has 0 saturated carbocycles. The zero-order valence-corrected chi connectivity index (χ0v) is 40.5. The molecule has 0 radical (unpaired) electrons. The van der Waals surface area contributed by atoms with Crippen LogP contribution in [0.25, 0.3) is 0 Å². The summed E-state index contributed by atoms with van der Waals surface area (Å²) in [5.41, 5.74) is 0.873. The quantitative estimate of drug-likeness (QED) is 0.0931. The number of nitrogens with zero attached hydrogens (tertiary/aromatic N) is 4. The number of likely N-dealkylation sites (N-methyl/N-ethyl adjacent to an activating group) is 3. The summed E-state index contributed by atoms with van der Waals surface area (Å²) in [6, 6.07) is 6.31. The highest BCUT2D eigenvalue weighted by atomic mass is 16.5. The maximum atomic E-state index is 14.5. The summed E-state index contributed by atoms with van der Waals surface area (Å²) in [4.78, 5) is 76.9. The molecule has 9 atom stereocenters. The molecule has 2 rings (SSSR count). The van der Waals surface area contributed by atoms with E-state index in [9.17, 15) is 24.0 Å². The molecule has 0 bridgehead atoms. The fraction of sp³-hybridized carbons (Fsp3) is 0.766. The molecule has 0 aromatic heterocycles. The predicted octanol–water partition coefficient (Wildman–Crippen LogP) is 3.87. The van der Waals surface area contributed by atoms with Crippen LogP contribution in [0.5, 0.6) is 0 Å². The number of ether oxygens (including phenoxy) is 4. The third kappa shape index (κ3) is 15.9. The Morgan fingerprint density at radius 1 is 0.839 bits per heavy atom. The van der Waals surface area contributed by atoms with Crippen molar-refractivity contribution in [3.8, 4) is 0 Å². The van der Waals surface area contributed by atoms with Gasteiger partial charge in [0.25, 0.3) is 0 Å². The first-order valence-corrected chi connectivity index (χ1v) is 22.7. The van der Waals surface area contributed by atoms with Crippen LogP contribution in [0.15, 0.2) is 30.3 Å². The molecule has 15 nitrogen and oxygen atoms in total. The summed E-state index contributed by atoms with van der Waals surface area (Å²) in [6.07, 6.45) is 1.00. The largest absolute Gasteiger partial charge is 0.467 e. The van der Waals surface area contributed by atoms with E-state index >= 15 is 0 Å². The van der Waals surface area contributed by atoms with Crippen molar-refractivity contribution >= 4 is 29.6 Å². The Kier molecular flexibility index (Phi) is 24.2. The van der Waals surface area contributed by atoms with Crippen LogP contribution in [0.3, 0.4) is 0 Å². The molecule has 1 aliphatic rings. The lowest BCUT2D eigenvalue weighted by Gasteiger charge is -2.41. The van der Waals surface area contributed by atoms with Gasteiger partial charge in [0, 0.05) is 47.3 Å². The molecule has 0 spiro atoms. The van der Waals surface area contributed by atoms with Crippen LogP contribution in [0.4, 0.5) is 0 Å². The number of hydrogen-bond donors (Lipinski definition) is 2. The van der Waals surface area contributed by atoms with Gasteiger partial charge in [-0.2, -0.15) is 0 Å². The van der Waals surface area contributed by atoms with Crippen molar-refractivity contribution in [3.63, 3.8) is 0 Å². The van der Waals surface area contributed by atoms with Crippen LogP contribution >= 0.6 is 0 Å². The summed E-state index contributed by atoms with van der Waals surface area (Å²) < 4.78 is 22.9. The van der Waals surface area contributed by atoms with E-state index in [4.69, 9.17) is 18.9 Å². The highest BCUT2D eigenvalue weighted by Crippen LogP contribution is 2.30. The summed E-state index contributed by atoms with van der Waals surface area (Å²) >= 11 is 0. The zero-order chi connectivity index (χ0) is 46.7. The Hall–Kier alpha value is -3.63. The smallest absolute Gasteiger partial charge is 0.328 e. The lowest BCUT2D eigenvalue weighted by atomic mass is 9.89. The summed E-state index contributed by atoms with van der Waals surface area (Å²) in [7, 11) is 10.1. The second-order valence-corrected chi connectivity index (χ2v) is 17.8. The maximum Gasteiger partial charge on any atom is 0.328 e. The minimum Gasteiger partial charge on any atom is -0.467 e. The Labute approximate surface area is 373 Å². The maximum absolute atomic E-state index is 14.5. The van der Waals surface area contributed by atoms with Crippen molar-refractivity contribution in [2.75, 3.05) is 81.9 Å². The van der Waals surface area contributed by atoms with Crippen LogP contribution in [0, 0.1) is 23.7 Å². The molecule has 4 amide bonds. The van der Waals surface area contributed by atoms with Crippen molar-refractivity contribution < 1.29 is 42.9 Å². The number of carbonyl (C=O) groups is 5.